The second kappa shape index (κ2) is 7.28. The molecule has 1 saturated heterocycles. The molecule has 0 aromatic heterocycles. The van der Waals surface area contributed by atoms with E-state index in [-0.39, 0.29) is 0 Å². The molecule has 22 heavy (non-hydrogen) atoms. The summed E-state index contributed by atoms with van der Waals surface area (Å²) in [6.07, 6.45) is 4.49. The van der Waals surface area contributed by atoms with Crippen molar-refractivity contribution in [3.8, 4) is 0 Å². The van der Waals surface area contributed by atoms with Gasteiger partial charge in [-0.05, 0) is 24.1 Å². The first-order valence-electron chi connectivity index (χ1n) is 8.07. The Kier molecular flexibility index (Phi) is 4.92. The fourth-order valence-electron chi connectivity index (χ4n) is 2.99. The summed E-state index contributed by atoms with van der Waals surface area (Å²) in [6.45, 7) is 7.73. The molecular weight excluding hydrogens is 268 g/mol. The smallest absolute Gasteiger partial charge is 0.0396 e. The van der Waals surface area contributed by atoms with Crippen LogP contribution in [0.5, 0.6) is 0 Å². The van der Waals surface area contributed by atoms with E-state index in [2.05, 4.69) is 83.5 Å². The van der Waals surface area contributed by atoms with Gasteiger partial charge in [0.05, 0.1) is 0 Å². The van der Waals surface area contributed by atoms with Gasteiger partial charge < -0.3 is 4.90 Å². The highest BCUT2D eigenvalue weighted by molar-refractivity contribution is 5.53. The third kappa shape index (κ3) is 3.77. The lowest BCUT2D eigenvalue weighted by molar-refractivity contribution is 0.284. The van der Waals surface area contributed by atoms with Crippen molar-refractivity contribution in [3.63, 3.8) is 0 Å². The van der Waals surface area contributed by atoms with E-state index < -0.39 is 0 Å². The summed E-state index contributed by atoms with van der Waals surface area (Å²) in [6, 6.07) is 19.2. The molecule has 1 aliphatic rings. The van der Waals surface area contributed by atoms with Gasteiger partial charge in [0.2, 0.25) is 0 Å². The number of hydrogen-bond donors (Lipinski definition) is 0. The van der Waals surface area contributed by atoms with Crippen LogP contribution in [0.2, 0.25) is 0 Å². The van der Waals surface area contributed by atoms with Gasteiger partial charge in [-0.2, -0.15) is 0 Å². The molecular formula is C20H24N2. The predicted molar refractivity (Wildman–Crippen MR) is 95.3 cm³/mol. The molecule has 1 heterocycles. The Morgan fingerprint density at radius 1 is 0.864 bits per heavy atom. The summed E-state index contributed by atoms with van der Waals surface area (Å²) in [7, 11) is 0. The van der Waals surface area contributed by atoms with Crippen LogP contribution < -0.4 is 4.90 Å². The van der Waals surface area contributed by atoms with E-state index in [0.717, 1.165) is 32.7 Å². The molecule has 1 fully saturated rings. The maximum Gasteiger partial charge on any atom is 0.0396 e. The standard InChI is InChI=1S/C20H24N2/c1-18-8-5-6-12-20(18)22-16-14-21(15-17-22)13-7-11-19-9-3-2-4-10-19/h2-12H,13-17H2,1H3/b11-7+. The summed E-state index contributed by atoms with van der Waals surface area (Å²) >= 11 is 0. The highest BCUT2D eigenvalue weighted by atomic mass is 15.3. The van der Waals surface area contributed by atoms with Crippen molar-refractivity contribution in [2.75, 3.05) is 37.6 Å². The highest BCUT2D eigenvalue weighted by Gasteiger charge is 2.16. The fourth-order valence-corrected chi connectivity index (χ4v) is 2.99. The van der Waals surface area contributed by atoms with E-state index in [1.165, 1.54) is 16.8 Å². The number of rotatable bonds is 4. The van der Waals surface area contributed by atoms with Crippen LogP contribution in [0.4, 0.5) is 5.69 Å². The van der Waals surface area contributed by atoms with Crippen molar-refractivity contribution in [2.45, 2.75) is 6.92 Å². The van der Waals surface area contributed by atoms with E-state index in [0.29, 0.717) is 0 Å². The van der Waals surface area contributed by atoms with Crippen LogP contribution in [0, 0.1) is 6.92 Å². The minimum absolute atomic E-state index is 1.04. The van der Waals surface area contributed by atoms with E-state index in [4.69, 9.17) is 0 Å². The molecule has 0 atom stereocenters. The predicted octanol–water partition coefficient (Wildman–Crippen LogP) is 3.83. The zero-order chi connectivity index (χ0) is 15.2. The van der Waals surface area contributed by atoms with Crippen LogP contribution >= 0.6 is 0 Å². The van der Waals surface area contributed by atoms with Crippen LogP contribution in [0.1, 0.15) is 11.1 Å². The van der Waals surface area contributed by atoms with Crippen LogP contribution in [0.15, 0.2) is 60.7 Å². The van der Waals surface area contributed by atoms with Crippen molar-refractivity contribution in [2.24, 2.45) is 0 Å². The van der Waals surface area contributed by atoms with Crippen molar-refractivity contribution >= 4 is 11.8 Å². The summed E-state index contributed by atoms with van der Waals surface area (Å²) < 4.78 is 0. The van der Waals surface area contributed by atoms with Crippen LogP contribution in [0.25, 0.3) is 6.08 Å². The summed E-state index contributed by atoms with van der Waals surface area (Å²) in [4.78, 5) is 5.03. The van der Waals surface area contributed by atoms with Crippen LogP contribution in [0.3, 0.4) is 0 Å². The lowest BCUT2D eigenvalue weighted by Gasteiger charge is -2.36. The lowest BCUT2D eigenvalue weighted by Crippen LogP contribution is -2.46. The maximum absolute atomic E-state index is 2.52. The number of aryl methyl sites for hydroxylation is 1. The van der Waals surface area contributed by atoms with Crippen molar-refractivity contribution in [1.29, 1.82) is 0 Å². The van der Waals surface area contributed by atoms with Crippen molar-refractivity contribution < 1.29 is 0 Å². The number of nitrogens with zero attached hydrogens (tertiary/aromatic N) is 2. The summed E-state index contributed by atoms with van der Waals surface area (Å²) in [5.74, 6) is 0. The topological polar surface area (TPSA) is 6.48 Å². The molecule has 0 saturated carbocycles. The minimum Gasteiger partial charge on any atom is -0.369 e. The van der Waals surface area contributed by atoms with Crippen molar-refractivity contribution in [1.82, 2.24) is 4.90 Å². The van der Waals surface area contributed by atoms with Gasteiger partial charge in [-0.25, -0.2) is 0 Å². The average Bonchev–Trinajstić information content (AvgIpc) is 2.57. The van der Waals surface area contributed by atoms with Gasteiger partial charge in [0.1, 0.15) is 0 Å². The number of para-hydroxylation sites is 1. The van der Waals surface area contributed by atoms with Gasteiger partial charge in [-0.1, -0.05) is 60.7 Å². The van der Waals surface area contributed by atoms with Crippen molar-refractivity contribution in [3.05, 3.63) is 71.8 Å². The Morgan fingerprint density at radius 2 is 1.55 bits per heavy atom. The largest absolute Gasteiger partial charge is 0.369 e. The third-order valence-corrected chi connectivity index (χ3v) is 4.30. The molecule has 0 spiro atoms. The zero-order valence-electron chi connectivity index (χ0n) is 13.3. The minimum atomic E-state index is 1.04. The van der Waals surface area contributed by atoms with Crippen LogP contribution in [-0.4, -0.2) is 37.6 Å². The van der Waals surface area contributed by atoms with E-state index in [9.17, 15) is 0 Å². The highest BCUT2D eigenvalue weighted by Crippen LogP contribution is 2.20. The second-order valence-corrected chi connectivity index (χ2v) is 5.89. The first-order valence-corrected chi connectivity index (χ1v) is 8.07. The molecule has 3 rings (SSSR count). The molecule has 0 unspecified atom stereocenters. The lowest BCUT2D eigenvalue weighted by atomic mass is 10.1. The van der Waals surface area contributed by atoms with Gasteiger partial charge in [-0.15, -0.1) is 0 Å². The Hall–Kier alpha value is -2.06. The molecule has 2 aromatic carbocycles. The normalized spacial score (nSPS) is 16.3. The molecule has 0 aliphatic carbocycles. The zero-order valence-corrected chi connectivity index (χ0v) is 13.3. The second-order valence-electron chi connectivity index (χ2n) is 5.89. The Balaban J connectivity index is 1.50. The quantitative estimate of drug-likeness (QED) is 0.845. The monoisotopic (exact) mass is 292 g/mol. The van der Waals surface area contributed by atoms with Gasteiger partial charge in [0.15, 0.2) is 0 Å². The fraction of sp³-hybridized carbons (Fsp3) is 0.300. The average molecular weight is 292 g/mol. The first-order chi connectivity index (χ1) is 10.8. The van der Waals surface area contributed by atoms with Gasteiger partial charge >= 0.3 is 0 Å². The molecule has 1 aliphatic heterocycles. The van der Waals surface area contributed by atoms with Crippen LogP contribution in [-0.2, 0) is 0 Å². The van der Waals surface area contributed by atoms with Gasteiger partial charge in [0, 0.05) is 38.4 Å². The Bertz CT molecular complexity index is 611. The van der Waals surface area contributed by atoms with Gasteiger partial charge in [-0.3, -0.25) is 4.90 Å². The number of benzene rings is 2. The molecule has 2 aromatic rings. The molecule has 0 bridgehead atoms. The molecule has 0 amide bonds. The first kappa shape index (κ1) is 14.9. The molecule has 2 nitrogen and oxygen atoms in total. The van der Waals surface area contributed by atoms with Gasteiger partial charge in [0.25, 0.3) is 0 Å². The molecule has 2 heteroatoms. The van der Waals surface area contributed by atoms with E-state index >= 15 is 0 Å². The Labute approximate surface area is 133 Å². The van der Waals surface area contributed by atoms with E-state index in [1.54, 1.807) is 0 Å². The molecule has 0 radical (unpaired) electrons. The molecule has 0 N–H and O–H groups in total. The Morgan fingerprint density at radius 3 is 2.27 bits per heavy atom. The maximum atomic E-state index is 2.52. The number of anilines is 1. The number of piperazine rings is 1. The SMILES string of the molecule is Cc1ccccc1N1CCN(C/C=C/c2ccccc2)CC1. The summed E-state index contributed by atoms with van der Waals surface area (Å²) in [5.41, 5.74) is 4.04. The van der Waals surface area contributed by atoms with E-state index in [1.807, 2.05) is 0 Å². The number of hydrogen-bond acceptors (Lipinski definition) is 2. The summed E-state index contributed by atoms with van der Waals surface area (Å²) in [5, 5.41) is 0. The third-order valence-electron chi connectivity index (χ3n) is 4.30. The molecule has 114 valence electrons.